The van der Waals surface area contributed by atoms with E-state index in [0.717, 1.165) is 11.4 Å². The molecule has 0 radical (unpaired) electrons. The summed E-state index contributed by atoms with van der Waals surface area (Å²) in [5, 5.41) is 8.73. The van der Waals surface area contributed by atoms with Crippen molar-refractivity contribution < 1.29 is 9.90 Å². The average Bonchev–Trinajstić information content (AvgIpc) is 3.00. The number of carboxylic acids is 1. The molecular formula is C17H16N2O2. The van der Waals surface area contributed by atoms with Gasteiger partial charge in [0.05, 0.1) is 5.56 Å². The Morgan fingerprint density at radius 1 is 0.905 bits per heavy atom. The molecule has 0 bridgehead atoms. The van der Waals surface area contributed by atoms with Gasteiger partial charge in [0.25, 0.3) is 0 Å². The number of nitrogens with two attached hydrogens (primary N) is 1. The number of aromatic nitrogens is 1. The number of benzene rings is 2. The molecule has 21 heavy (non-hydrogen) atoms. The summed E-state index contributed by atoms with van der Waals surface area (Å²) in [5.74, 6) is -0.903. The van der Waals surface area contributed by atoms with Crippen LogP contribution in [0.2, 0.25) is 0 Å². The molecule has 0 aliphatic carbocycles. The topological polar surface area (TPSA) is 68.2 Å². The molecular weight excluding hydrogens is 264 g/mol. The Morgan fingerprint density at radius 2 is 1.48 bits per heavy atom. The molecule has 3 N–H and O–H groups in total. The van der Waals surface area contributed by atoms with Crippen molar-refractivity contribution in [2.45, 2.75) is 0 Å². The number of para-hydroxylation sites is 2. The molecule has 4 nitrogen and oxygen atoms in total. The van der Waals surface area contributed by atoms with Crippen molar-refractivity contribution in [3.8, 4) is 5.69 Å². The Kier molecular flexibility index (Phi) is 4.77. The maximum atomic E-state index is 10.6. The molecule has 3 aromatic rings. The van der Waals surface area contributed by atoms with E-state index in [1.807, 2.05) is 60.7 Å². The number of nitrogens with zero attached hydrogens (tertiary/aromatic N) is 1. The third kappa shape index (κ3) is 4.24. The van der Waals surface area contributed by atoms with Gasteiger partial charge in [0.2, 0.25) is 0 Å². The highest BCUT2D eigenvalue weighted by atomic mass is 16.4. The molecule has 1 heterocycles. The number of nitrogen functional groups attached to an aromatic ring is 1. The summed E-state index contributed by atoms with van der Waals surface area (Å²) in [6.07, 6.45) is 3.33. The summed E-state index contributed by atoms with van der Waals surface area (Å²) in [6.45, 7) is 0. The van der Waals surface area contributed by atoms with E-state index in [1.54, 1.807) is 23.0 Å². The molecule has 106 valence electrons. The molecule has 0 fully saturated rings. The first-order chi connectivity index (χ1) is 10.2. The minimum atomic E-state index is -0.903. The van der Waals surface area contributed by atoms with E-state index in [0.29, 0.717) is 5.56 Å². The highest BCUT2D eigenvalue weighted by molar-refractivity contribution is 5.87. The van der Waals surface area contributed by atoms with Crippen LogP contribution < -0.4 is 5.73 Å². The average molecular weight is 280 g/mol. The van der Waals surface area contributed by atoms with E-state index in [-0.39, 0.29) is 0 Å². The number of carbonyl (C=O) groups is 1. The Bertz CT molecular complexity index is 691. The maximum absolute atomic E-state index is 10.6. The predicted octanol–water partition coefficient (Wildman–Crippen LogP) is 3.44. The van der Waals surface area contributed by atoms with Crippen molar-refractivity contribution >= 4 is 11.7 Å². The van der Waals surface area contributed by atoms with Crippen LogP contribution in [0.15, 0.2) is 79.1 Å². The van der Waals surface area contributed by atoms with Crippen LogP contribution in [0.4, 0.5) is 5.69 Å². The molecule has 0 aliphatic rings. The lowest BCUT2D eigenvalue weighted by Gasteiger charge is -2.00. The van der Waals surface area contributed by atoms with Crippen molar-refractivity contribution in [2.24, 2.45) is 0 Å². The zero-order chi connectivity index (χ0) is 15.1. The number of hydrogen-bond acceptors (Lipinski definition) is 2. The van der Waals surface area contributed by atoms with Crippen LogP contribution in [0.3, 0.4) is 0 Å². The fourth-order valence-electron chi connectivity index (χ4n) is 1.74. The minimum absolute atomic E-state index is 0.300. The molecule has 0 atom stereocenters. The summed E-state index contributed by atoms with van der Waals surface area (Å²) in [4.78, 5) is 10.6. The van der Waals surface area contributed by atoms with Crippen LogP contribution in [0.1, 0.15) is 10.4 Å². The lowest BCUT2D eigenvalue weighted by Crippen LogP contribution is -1.94. The molecule has 1 aromatic heterocycles. The van der Waals surface area contributed by atoms with Crippen LogP contribution in [0.5, 0.6) is 0 Å². The second-order valence-electron chi connectivity index (χ2n) is 4.36. The van der Waals surface area contributed by atoms with Gasteiger partial charge in [-0.05, 0) is 30.3 Å². The first-order valence-corrected chi connectivity index (χ1v) is 6.44. The SMILES string of the molecule is Nc1ccccc1.O=C(O)c1ccn(-c2ccccc2)c1. The van der Waals surface area contributed by atoms with E-state index in [9.17, 15) is 4.79 Å². The van der Waals surface area contributed by atoms with Gasteiger partial charge in [0, 0.05) is 23.8 Å². The Balaban J connectivity index is 0.000000194. The molecule has 0 unspecified atom stereocenters. The number of anilines is 1. The van der Waals surface area contributed by atoms with Gasteiger partial charge >= 0.3 is 5.97 Å². The quantitative estimate of drug-likeness (QED) is 0.706. The van der Waals surface area contributed by atoms with E-state index in [2.05, 4.69) is 0 Å². The van der Waals surface area contributed by atoms with Gasteiger partial charge in [-0.15, -0.1) is 0 Å². The smallest absolute Gasteiger partial charge is 0.337 e. The van der Waals surface area contributed by atoms with Gasteiger partial charge in [-0.2, -0.15) is 0 Å². The lowest BCUT2D eigenvalue weighted by atomic mass is 10.3. The monoisotopic (exact) mass is 280 g/mol. The van der Waals surface area contributed by atoms with Crippen LogP contribution in [0.25, 0.3) is 5.69 Å². The van der Waals surface area contributed by atoms with Crippen LogP contribution >= 0.6 is 0 Å². The van der Waals surface area contributed by atoms with Crippen molar-refractivity contribution in [3.63, 3.8) is 0 Å². The number of aromatic carboxylic acids is 1. The van der Waals surface area contributed by atoms with Crippen LogP contribution in [-0.2, 0) is 0 Å². The molecule has 4 heteroatoms. The standard InChI is InChI=1S/C11H9NO2.C6H7N/c13-11(14)9-6-7-12(8-9)10-4-2-1-3-5-10;7-6-4-2-1-3-5-6/h1-8H,(H,13,14);1-5H,7H2. The second-order valence-corrected chi connectivity index (χ2v) is 4.36. The molecule has 0 saturated heterocycles. The zero-order valence-electron chi connectivity index (χ0n) is 11.4. The van der Waals surface area contributed by atoms with Gasteiger partial charge in [-0.3, -0.25) is 0 Å². The summed E-state index contributed by atoms with van der Waals surface area (Å²) in [6, 6.07) is 20.7. The van der Waals surface area contributed by atoms with Gasteiger partial charge in [-0.1, -0.05) is 36.4 Å². The number of rotatable bonds is 2. The second kappa shape index (κ2) is 6.96. The fourth-order valence-corrected chi connectivity index (χ4v) is 1.74. The van der Waals surface area contributed by atoms with Gasteiger partial charge in [0.1, 0.15) is 0 Å². The molecule has 2 aromatic carbocycles. The number of hydrogen-bond donors (Lipinski definition) is 2. The van der Waals surface area contributed by atoms with E-state index in [4.69, 9.17) is 10.8 Å². The van der Waals surface area contributed by atoms with Crippen molar-refractivity contribution in [1.82, 2.24) is 4.57 Å². The fraction of sp³-hybridized carbons (Fsp3) is 0. The summed E-state index contributed by atoms with van der Waals surface area (Å²) in [5.41, 5.74) is 7.44. The molecule has 0 amide bonds. The Labute approximate surface area is 123 Å². The number of carboxylic acid groups (broad SMARTS) is 1. The predicted molar refractivity (Wildman–Crippen MR) is 83.6 cm³/mol. The largest absolute Gasteiger partial charge is 0.478 e. The first kappa shape index (κ1) is 14.4. The van der Waals surface area contributed by atoms with Gasteiger partial charge < -0.3 is 15.4 Å². The van der Waals surface area contributed by atoms with Crippen molar-refractivity contribution in [1.29, 1.82) is 0 Å². The molecule has 3 rings (SSSR count). The maximum Gasteiger partial charge on any atom is 0.337 e. The Morgan fingerprint density at radius 3 is 1.90 bits per heavy atom. The third-order valence-electron chi connectivity index (χ3n) is 2.79. The molecule has 0 aliphatic heterocycles. The van der Waals surface area contributed by atoms with E-state index in [1.165, 1.54) is 0 Å². The highest BCUT2D eigenvalue weighted by Crippen LogP contribution is 2.09. The van der Waals surface area contributed by atoms with E-state index >= 15 is 0 Å². The molecule has 0 saturated carbocycles. The van der Waals surface area contributed by atoms with Gasteiger partial charge in [-0.25, -0.2) is 4.79 Å². The summed E-state index contributed by atoms with van der Waals surface area (Å²) < 4.78 is 1.78. The summed E-state index contributed by atoms with van der Waals surface area (Å²) in [7, 11) is 0. The lowest BCUT2D eigenvalue weighted by molar-refractivity contribution is 0.0697. The summed E-state index contributed by atoms with van der Waals surface area (Å²) >= 11 is 0. The minimum Gasteiger partial charge on any atom is -0.478 e. The van der Waals surface area contributed by atoms with E-state index < -0.39 is 5.97 Å². The highest BCUT2D eigenvalue weighted by Gasteiger charge is 2.04. The van der Waals surface area contributed by atoms with Crippen LogP contribution in [-0.4, -0.2) is 15.6 Å². The normalized spacial score (nSPS) is 9.52. The van der Waals surface area contributed by atoms with Crippen molar-refractivity contribution in [3.05, 3.63) is 84.7 Å². The van der Waals surface area contributed by atoms with Crippen molar-refractivity contribution in [2.75, 3.05) is 5.73 Å². The zero-order valence-corrected chi connectivity index (χ0v) is 11.4. The third-order valence-corrected chi connectivity index (χ3v) is 2.79. The molecule has 0 spiro atoms. The van der Waals surface area contributed by atoms with Gasteiger partial charge in [0.15, 0.2) is 0 Å². The Hall–Kier alpha value is -3.01. The first-order valence-electron chi connectivity index (χ1n) is 6.44. The van der Waals surface area contributed by atoms with Crippen LogP contribution in [0, 0.1) is 0 Å².